The van der Waals surface area contributed by atoms with Crippen molar-refractivity contribution in [2.24, 2.45) is 0 Å². The van der Waals surface area contributed by atoms with Crippen LogP contribution in [-0.4, -0.2) is 18.0 Å². The third kappa shape index (κ3) is 3.51. The zero-order valence-electron chi connectivity index (χ0n) is 14.0. The number of ether oxygens (including phenoxy) is 1. The number of amides is 1. The summed E-state index contributed by atoms with van der Waals surface area (Å²) in [5, 5.41) is 6.74. The Labute approximate surface area is 168 Å². The summed E-state index contributed by atoms with van der Waals surface area (Å²) in [6.07, 6.45) is 0. The van der Waals surface area contributed by atoms with Crippen molar-refractivity contribution in [3.8, 4) is 17.0 Å². The average Bonchev–Trinajstić information content (AvgIpc) is 3.30. The summed E-state index contributed by atoms with van der Waals surface area (Å²) < 4.78 is 10.9. The van der Waals surface area contributed by atoms with Crippen molar-refractivity contribution in [1.29, 1.82) is 0 Å². The van der Waals surface area contributed by atoms with E-state index >= 15 is 0 Å². The smallest absolute Gasteiger partial charge is 0.293 e. The summed E-state index contributed by atoms with van der Waals surface area (Å²) in [6, 6.07) is 12.4. The van der Waals surface area contributed by atoms with E-state index < -0.39 is 0 Å². The molecule has 27 heavy (non-hydrogen) atoms. The summed E-state index contributed by atoms with van der Waals surface area (Å²) in [5.74, 6) is 0.367. The van der Waals surface area contributed by atoms with Gasteiger partial charge in [-0.05, 0) is 24.3 Å². The summed E-state index contributed by atoms with van der Waals surface area (Å²) in [5.41, 5.74) is 2.04. The fourth-order valence-electron chi connectivity index (χ4n) is 2.59. The molecule has 8 heteroatoms. The van der Waals surface area contributed by atoms with E-state index in [4.69, 9.17) is 32.4 Å². The highest BCUT2D eigenvalue weighted by atomic mass is 35.5. The third-order valence-electron chi connectivity index (χ3n) is 3.89. The van der Waals surface area contributed by atoms with Gasteiger partial charge in [-0.1, -0.05) is 41.4 Å². The number of aromatic nitrogens is 1. The number of carbonyl (C=O) groups excluding carboxylic acids is 1. The zero-order chi connectivity index (χ0) is 19.0. The molecule has 0 atom stereocenters. The molecule has 0 aliphatic carbocycles. The highest BCUT2D eigenvalue weighted by molar-refractivity contribution is 7.14. The van der Waals surface area contributed by atoms with Crippen LogP contribution in [-0.2, 0) is 0 Å². The number of fused-ring (bicyclic) bond motifs is 1. The highest BCUT2D eigenvalue weighted by Gasteiger charge is 2.16. The number of halogens is 2. The molecule has 0 saturated carbocycles. The molecule has 2 aromatic carbocycles. The number of hydrogen-bond donors (Lipinski definition) is 1. The first kappa shape index (κ1) is 17.9. The van der Waals surface area contributed by atoms with Crippen molar-refractivity contribution in [3.63, 3.8) is 0 Å². The van der Waals surface area contributed by atoms with E-state index in [1.807, 2.05) is 23.6 Å². The molecule has 0 fully saturated rings. The molecule has 0 aliphatic rings. The second-order valence-electron chi connectivity index (χ2n) is 5.61. The average molecular weight is 419 g/mol. The van der Waals surface area contributed by atoms with Gasteiger partial charge in [0.05, 0.1) is 22.8 Å². The van der Waals surface area contributed by atoms with Crippen molar-refractivity contribution in [2.45, 2.75) is 0 Å². The molecule has 2 aromatic heterocycles. The summed E-state index contributed by atoms with van der Waals surface area (Å²) >= 11 is 13.3. The number of carbonyl (C=O) groups is 1. The second-order valence-corrected chi connectivity index (χ2v) is 7.28. The first-order valence-corrected chi connectivity index (χ1v) is 9.47. The van der Waals surface area contributed by atoms with Gasteiger partial charge in [-0.3, -0.25) is 10.1 Å². The van der Waals surface area contributed by atoms with Crippen LogP contribution < -0.4 is 10.1 Å². The minimum absolute atomic E-state index is 0.181. The van der Waals surface area contributed by atoms with Crippen molar-refractivity contribution >= 4 is 56.5 Å². The maximum absolute atomic E-state index is 12.5. The number of nitrogens with one attached hydrogen (secondary N) is 1. The quantitative estimate of drug-likeness (QED) is 0.433. The number of thiazole rings is 1. The normalized spacial score (nSPS) is 10.9. The van der Waals surface area contributed by atoms with Crippen LogP contribution in [0, 0.1) is 0 Å². The molecular formula is C19H12Cl2N2O3S. The fourth-order valence-corrected chi connectivity index (χ4v) is 3.60. The largest absolute Gasteiger partial charge is 0.493 e. The lowest BCUT2D eigenvalue weighted by Gasteiger charge is -2.00. The molecule has 0 spiro atoms. The Hall–Kier alpha value is -2.54. The van der Waals surface area contributed by atoms with Crippen LogP contribution >= 0.6 is 34.5 Å². The number of nitrogens with zero attached hydrogens (tertiary/aromatic N) is 1. The number of hydrogen-bond acceptors (Lipinski definition) is 5. The van der Waals surface area contributed by atoms with Gasteiger partial charge in [0.2, 0.25) is 0 Å². The number of benzene rings is 2. The van der Waals surface area contributed by atoms with E-state index in [1.54, 1.807) is 31.4 Å². The molecule has 0 bridgehead atoms. The Kier molecular flexibility index (Phi) is 4.78. The number of para-hydroxylation sites is 1. The van der Waals surface area contributed by atoms with E-state index in [0.29, 0.717) is 32.2 Å². The van der Waals surface area contributed by atoms with E-state index in [2.05, 4.69) is 10.3 Å². The van der Waals surface area contributed by atoms with Gasteiger partial charge in [-0.15, -0.1) is 11.3 Å². The minimum atomic E-state index is -0.386. The molecule has 4 aromatic rings. The Morgan fingerprint density at radius 2 is 2.04 bits per heavy atom. The maximum atomic E-state index is 12.5. The van der Waals surface area contributed by atoms with Crippen LogP contribution in [0.25, 0.3) is 22.2 Å². The predicted octanol–water partition coefficient (Wildman–Crippen LogP) is 6.12. The van der Waals surface area contributed by atoms with Crippen LogP contribution in [0.2, 0.25) is 10.0 Å². The van der Waals surface area contributed by atoms with Crippen LogP contribution in [0.15, 0.2) is 52.3 Å². The molecule has 136 valence electrons. The van der Waals surface area contributed by atoms with Crippen LogP contribution in [0.3, 0.4) is 0 Å². The van der Waals surface area contributed by atoms with E-state index in [0.717, 1.165) is 10.9 Å². The molecule has 0 radical (unpaired) electrons. The number of methoxy groups -OCH3 is 1. The molecule has 1 N–H and O–H groups in total. The van der Waals surface area contributed by atoms with Gasteiger partial charge in [0, 0.05) is 16.3 Å². The third-order valence-corrected chi connectivity index (χ3v) is 5.39. The second kappa shape index (κ2) is 7.23. The van der Waals surface area contributed by atoms with Crippen LogP contribution in [0.4, 0.5) is 5.13 Å². The first-order valence-electron chi connectivity index (χ1n) is 7.84. The summed E-state index contributed by atoms with van der Waals surface area (Å²) in [4.78, 5) is 16.9. The van der Waals surface area contributed by atoms with Crippen LogP contribution in [0.5, 0.6) is 5.75 Å². The monoisotopic (exact) mass is 418 g/mol. The van der Waals surface area contributed by atoms with Crippen LogP contribution in [0.1, 0.15) is 10.6 Å². The van der Waals surface area contributed by atoms with Crippen molar-refractivity contribution in [1.82, 2.24) is 4.98 Å². The van der Waals surface area contributed by atoms with Gasteiger partial charge in [0.25, 0.3) is 5.91 Å². The van der Waals surface area contributed by atoms with E-state index in [1.165, 1.54) is 11.3 Å². The van der Waals surface area contributed by atoms with Crippen molar-refractivity contribution < 1.29 is 13.9 Å². The van der Waals surface area contributed by atoms with Crippen molar-refractivity contribution in [2.75, 3.05) is 12.4 Å². The molecule has 5 nitrogen and oxygen atoms in total. The SMILES string of the molecule is COc1cccc2cc(C(=O)Nc3nc(-c4ccc(Cl)c(Cl)c4)cs3)oc12. The molecule has 0 saturated heterocycles. The van der Waals surface area contributed by atoms with Gasteiger partial charge in [0.1, 0.15) is 0 Å². The topological polar surface area (TPSA) is 64.4 Å². The number of furan rings is 1. The van der Waals surface area contributed by atoms with E-state index in [9.17, 15) is 4.79 Å². The van der Waals surface area contributed by atoms with Crippen molar-refractivity contribution in [3.05, 3.63) is 63.7 Å². The highest BCUT2D eigenvalue weighted by Crippen LogP contribution is 2.31. The minimum Gasteiger partial charge on any atom is -0.493 e. The molecule has 1 amide bonds. The predicted molar refractivity (Wildman–Crippen MR) is 108 cm³/mol. The number of rotatable bonds is 4. The zero-order valence-corrected chi connectivity index (χ0v) is 16.3. The van der Waals surface area contributed by atoms with Gasteiger partial charge in [0.15, 0.2) is 22.2 Å². The Balaban J connectivity index is 1.57. The molecule has 4 rings (SSSR count). The Bertz CT molecular complexity index is 1150. The van der Waals surface area contributed by atoms with Gasteiger partial charge >= 0.3 is 0 Å². The Morgan fingerprint density at radius 1 is 1.19 bits per heavy atom. The summed E-state index contributed by atoms with van der Waals surface area (Å²) in [7, 11) is 1.55. The molecule has 2 heterocycles. The standard InChI is InChI=1S/C19H12Cl2N2O3S/c1-25-15-4-2-3-11-8-16(26-17(11)15)18(24)23-19-22-14(9-27-19)10-5-6-12(20)13(21)7-10/h2-9H,1H3,(H,22,23,24). The molecule has 0 unspecified atom stereocenters. The lowest BCUT2D eigenvalue weighted by atomic mass is 10.2. The van der Waals surface area contributed by atoms with Gasteiger partial charge in [-0.25, -0.2) is 4.98 Å². The van der Waals surface area contributed by atoms with Gasteiger partial charge < -0.3 is 9.15 Å². The maximum Gasteiger partial charge on any atom is 0.293 e. The molecular weight excluding hydrogens is 407 g/mol. The first-order chi connectivity index (χ1) is 13.0. The van der Waals surface area contributed by atoms with E-state index in [-0.39, 0.29) is 11.7 Å². The molecule has 0 aliphatic heterocycles. The lowest BCUT2D eigenvalue weighted by Crippen LogP contribution is -2.10. The lowest BCUT2D eigenvalue weighted by molar-refractivity contribution is 0.0998. The van der Waals surface area contributed by atoms with Gasteiger partial charge in [-0.2, -0.15) is 0 Å². The fraction of sp³-hybridized carbons (Fsp3) is 0.0526. The number of anilines is 1. The Morgan fingerprint density at radius 3 is 2.81 bits per heavy atom. The summed E-state index contributed by atoms with van der Waals surface area (Å²) in [6.45, 7) is 0.